The molecule has 0 aliphatic carbocycles. The summed E-state index contributed by atoms with van der Waals surface area (Å²) in [4.78, 5) is 32.1. The highest BCUT2D eigenvalue weighted by atomic mass is 32.1. The van der Waals surface area contributed by atoms with E-state index in [9.17, 15) is 24.2 Å². The minimum absolute atomic E-state index is 0.0589. The second kappa shape index (κ2) is 8.31. The van der Waals surface area contributed by atoms with Crippen LogP contribution in [-0.2, 0) is 4.79 Å². The Labute approximate surface area is 196 Å². The number of aromatic hydroxyl groups is 1. The molecule has 0 fully saturated rings. The molecule has 0 spiro atoms. The number of nitrogens with zero attached hydrogens (tertiary/aromatic N) is 2. The Kier molecular flexibility index (Phi) is 5.29. The number of aromatic nitrogens is 1. The smallest absolute Gasteiger partial charge is 0.296 e. The molecule has 5 rings (SSSR count). The molecule has 1 aliphatic rings. The van der Waals surface area contributed by atoms with Crippen LogP contribution in [0.5, 0.6) is 11.5 Å². The van der Waals surface area contributed by atoms with Crippen molar-refractivity contribution in [2.75, 3.05) is 11.5 Å². The van der Waals surface area contributed by atoms with Crippen LogP contribution in [0.1, 0.15) is 29.1 Å². The van der Waals surface area contributed by atoms with E-state index in [1.807, 2.05) is 0 Å². The highest BCUT2D eigenvalue weighted by Gasteiger charge is 2.46. The standard InChI is InChI=1S/C24H17FN2O6S/c1-2-32-17-10-12(5-8-15(17)28)20-19(21(29)16-4-3-9-33-16)22(30)23(31)27(20)24-26-14-7-6-13(25)11-18(14)34-24/h3-11,20,28,30H,2H2,1H3. The molecule has 3 heterocycles. The fourth-order valence-electron chi connectivity index (χ4n) is 3.85. The minimum atomic E-state index is -1.10. The maximum Gasteiger partial charge on any atom is 0.296 e. The quantitative estimate of drug-likeness (QED) is 0.377. The first-order valence-corrected chi connectivity index (χ1v) is 11.1. The summed E-state index contributed by atoms with van der Waals surface area (Å²) in [7, 11) is 0. The SMILES string of the molecule is CCOc1cc(C2C(C(=O)c3ccco3)=C(O)C(=O)N2c2nc3ccc(F)cc3s2)ccc1O. The van der Waals surface area contributed by atoms with Crippen molar-refractivity contribution in [3.63, 3.8) is 0 Å². The molecule has 1 atom stereocenters. The zero-order chi connectivity index (χ0) is 24.0. The van der Waals surface area contributed by atoms with Crippen LogP contribution >= 0.6 is 11.3 Å². The number of aliphatic hydroxyl groups is 1. The average Bonchev–Trinajstić information content (AvgIpc) is 3.54. The molecule has 4 aromatic rings. The van der Waals surface area contributed by atoms with Crippen LogP contribution in [0.15, 0.2) is 70.5 Å². The van der Waals surface area contributed by atoms with Crippen molar-refractivity contribution >= 4 is 38.4 Å². The Morgan fingerprint density at radius 1 is 1.24 bits per heavy atom. The van der Waals surface area contributed by atoms with Crippen molar-refractivity contribution in [2.45, 2.75) is 13.0 Å². The van der Waals surface area contributed by atoms with E-state index < -0.39 is 29.3 Å². The van der Waals surface area contributed by atoms with E-state index in [1.54, 1.807) is 6.92 Å². The largest absolute Gasteiger partial charge is 0.504 e. The molecule has 0 bridgehead atoms. The van der Waals surface area contributed by atoms with Gasteiger partial charge < -0.3 is 19.4 Å². The van der Waals surface area contributed by atoms with E-state index in [0.29, 0.717) is 15.8 Å². The first-order valence-electron chi connectivity index (χ1n) is 10.3. The molecule has 8 nitrogen and oxygen atoms in total. The van der Waals surface area contributed by atoms with Crippen molar-refractivity contribution in [1.29, 1.82) is 0 Å². The maximum atomic E-state index is 13.7. The summed E-state index contributed by atoms with van der Waals surface area (Å²) in [5, 5.41) is 21.1. The fourth-order valence-corrected chi connectivity index (χ4v) is 4.87. The molecule has 34 heavy (non-hydrogen) atoms. The number of thiazole rings is 1. The molecule has 2 aromatic carbocycles. The highest BCUT2D eigenvalue weighted by molar-refractivity contribution is 7.22. The minimum Gasteiger partial charge on any atom is -0.504 e. The van der Waals surface area contributed by atoms with Crippen molar-refractivity contribution in [1.82, 2.24) is 4.98 Å². The van der Waals surface area contributed by atoms with E-state index in [0.717, 1.165) is 11.3 Å². The molecule has 1 aliphatic heterocycles. The van der Waals surface area contributed by atoms with Gasteiger partial charge in [-0.1, -0.05) is 17.4 Å². The van der Waals surface area contributed by atoms with Gasteiger partial charge in [0.1, 0.15) is 5.82 Å². The molecule has 0 saturated heterocycles. The van der Waals surface area contributed by atoms with Crippen LogP contribution in [0.2, 0.25) is 0 Å². The number of hydrogen-bond donors (Lipinski definition) is 2. The Morgan fingerprint density at radius 3 is 2.79 bits per heavy atom. The van der Waals surface area contributed by atoms with Gasteiger partial charge in [0.2, 0.25) is 5.78 Å². The number of anilines is 1. The molecule has 0 saturated carbocycles. The number of phenols is 1. The maximum absolute atomic E-state index is 13.7. The number of ketones is 1. The number of phenolic OH excluding ortho intramolecular Hbond substituents is 1. The van der Waals surface area contributed by atoms with Gasteiger partial charge in [0, 0.05) is 0 Å². The van der Waals surface area contributed by atoms with E-state index in [1.165, 1.54) is 59.7 Å². The summed E-state index contributed by atoms with van der Waals surface area (Å²) in [6, 6.07) is 10.3. The van der Waals surface area contributed by atoms with Gasteiger partial charge in [-0.05, 0) is 55.0 Å². The number of fused-ring (bicyclic) bond motifs is 1. The molecule has 1 unspecified atom stereocenters. The number of carbonyl (C=O) groups is 2. The predicted octanol–water partition coefficient (Wildman–Crippen LogP) is 4.92. The van der Waals surface area contributed by atoms with Crippen LogP contribution < -0.4 is 9.64 Å². The number of furan rings is 1. The fraction of sp³-hybridized carbons (Fsp3) is 0.125. The number of rotatable bonds is 6. The van der Waals surface area contributed by atoms with Gasteiger partial charge in [0.25, 0.3) is 5.91 Å². The third kappa shape index (κ3) is 3.48. The lowest BCUT2D eigenvalue weighted by Crippen LogP contribution is -2.31. The van der Waals surface area contributed by atoms with Crippen LogP contribution in [0, 0.1) is 5.82 Å². The molecule has 2 N–H and O–H groups in total. The van der Waals surface area contributed by atoms with E-state index in [-0.39, 0.29) is 34.6 Å². The number of ether oxygens (including phenoxy) is 1. The summed E-state index contributed by atoms with van der Waals surface area (Å²) in [5.41, 5.74) is 0.636. The highest BCUT2D eigenvalue weighted by Crippen LogP contribution is 2.45. The second-order valence-corrected chi connectivity index (χ2v) is 8.42. The zero-order valence-corrected chi connectivity index (χ0v) is 18.5. The van der Waals surface area contributed by atoms with Gasteiger partial charge in [0.05, 0.1) is 34.7 Å². The number of aliphatic hydroxyl groups excluding tert-OH is 1. The summed E-state index contributed by atoms with van der Waals surface area (Å²) in [6.45, 7) is 2.02. The van der Waals surface area contributed by atoms with Gasteiger partial charge in [-0.2, -0.15) is 0 Å². The lowest BCUT2D eigenvalue weighted by molar-refractivity contribution is -0.117. The van der Waals surface area contributed by atoms with Crippen molar-refractivity contribution in [2.24, 2.45) is 0 Å². The number of amides is 1. The Morgan fingerprint density at radius 2 is 2.06 bits per heavy atom. The Hall–Kier alpha value is -4.18. The van der Waals surface area contributed by atoms with Gasteiger partial charge in [-0.15, -0.1) is 0 Å². The van der Waals surface area contributed by atoms with Crippen molar-refractivity contribution in [3.8, 4) is 11.5 Å². The predicted molar refractivity (Wildman–Crippen MR) is 122 cm³/mol. The van der Waals surface area contributed by atoms with Crippen LogP contribution in [0.3, 0.4) is 0 Å². The van der Waals surface area contributed by atoms with Crippen molar-refractivity contribution in [3.05, 3.63) is 83.3 Å². The Balaban J connectivity index is 1.69. The third-order valence-electron chi connectivity index (χ3n) is 5.34. The zero-order valence-electron chi connectivity index (χ0n) is 17.7. The number of halogens is 1. The van der Waals surface area contributed by atoms with Gasteiger partial charge in [-0.25, -0.2) is 9.37 Å². The van der Waals surface area contributed by atoms with E-state index in [2.05, 4.69) is 4.98 Å². The van der Waals surface area contributed by atoms with Gasteiger partial charge in [-0.3, -0.25) is 14.5 Å². The summed E-state index contributed by atoms with van der Waals surface area (Å²) >= 11 is 1.04. The van der Waals surface area contributed by atoms with E-state index in [4.69, 9.17) is 9.15 Å². The Bertz CT molecular complexity index is 1460. The normalized spacial score (nSPS) is 16.0. The topological polar surface area (TPSA) is 113 Å². The lowest BCUT2D eigenvalue weighted by Gasteiger charge is -2.24. The third-order valence-corrected chi connectivity index (χ3v) is 6.36. The summed E-state index contributed by atoms with van der Waals surface area (Å²) in [6.07, 6.45) is 1.31. The second-order valence-electron chi connectivity index (χ2n) is 7.42. The lowest BCUT2D eigenvalue weighted by atomic mass is 9.95. The summed E-state index contributed by atoms with van der Waals surface area (Å²) in [5.74, 6) is -2.76. The molecular formula is C24H17FN2O6S. The van der Waals surface area contributed by atoms with Crippen LogP contribution in [-0.4, -0.2) is 33.5 Å². The molecule has 0 radical (unpaired) electrons. The van der Waals surface area contributed by atoms with E-state index >= 15 is 0 Å². The monoisotopic (exact) mass is 480 g/mol. The van der Waals surface area contributed by atoms with Crippen molar-refractivity contribution < 1.29 is 33.3 Å². The number of Topliss-reactive ketones (excluding diaryl/α,β-unsaturated/α-hetero) is 1. The van der Waals surface area contributed by atoms with Crippen LogP contribution in [0.25, 0.3) is 10.2 Å². The first-order chi connectivity index (χ1) is 16.4. The summed E-state index contributed by atoms with van der Waals surface area (Å²) < 4.78 is 24.9. The van der Waals surface area contributed by atoms with Gasteiger partial charge in [0.15, 0.2) is 28.1 Å². The average molecular weight is 480 g/mol. The number of benzene rings is 2. The molecule has 1 amide bonds. The first kappa shape index (κ1) is 21.7. The number of carbonyl (C=O) groups excluding carboxylic acids is 2. The molecule has 172 valence electrons. The number of hydrogen-bond acceptors (Lipinski definition) is 8. The molecular weight excluding hydrogens is 463 g/mol. The van der Waals surface area contributed by atoms with Gasteiger partial charge >= 0.3 is 0 Å². The molecule has 2 aromatic heterocycles. The molecule has 10 heteroatoms. The van der Waals surface area contributed by atoms with Crippen LogP contribution in [0.4, 0.5) is 9.52 Å².